The molecular weight excluding hydrogens is 223 g/mol. The summed E-state index contributed by atoms with van der Waals surface area (Å²) in [6, 6.07) is 2.91. The summed E-state index contributed by atoms with van der Waals surface area (Å²) in [5, 5.41) is 0. The second-order valence-electron chi connectivity index (χ2n) is 3.21. The average Bonchev–Trinajstić information content (AvgIpc) is 2.10. The van der Waals surface area contributed by atoms with Gasteiger partial charge in [-0.2, -0.15) is 0 Å². The van der Waals surface area contributed by atoms with Crippen LogP contribution in [0.25, 0.3) is 0 Å². The minimum Gasteiger partial charge on any atom is -0.131 e. The van der Waals surface area contributed by atoms with Gasteiger partial charge in [-0.3, -0.25) is 0 Å². The van der Waals surface area contributed by atoms with Gasteiger partial charge in [0.2, 0.25) is 0 Å². The van der Waals surface area contributed by atoms with E-state index in [1.165, 1.54) is 37.8 Å². The lowest BCUT2D eigenvalue weighted by Gasteiger charge is -1.98. The molecule has 0 nitrogen and oxygen atoms in total. The lowest BCUT2D eigenvalue weighted by molar-refractivity contribution is 0.698. The molecule has 0 saturated carbocycles. The van der Waals surface area contributed by atoms with E-state index < -0.39 is 0 Å². The molecule has 0 atom stereocenters. The monoisotopic (exact) mass is 242 g/mol. The van der Waals surface area contributed by atoms with Crippen molar-refractivity contribution in [2.24, 2.45) is 0 Å². The molecule has 0 saturated heterocycles. The van der Waals surface area contributed by atoms with Crippen LogP contribution >= 0.6 is 23.2 Å². The molecule has 0 fully saturated rings. The van der Waals surface area contributed by atoms with E-state index in [1.54, 1.807) is 0 Å². The van der Waals surface area contributed by atoms with E-state index in [4.69, 9.17) is 23.2 Å². The van der Waals surface area contributed by atoms with E-state index in [2.05, 4.69) is 0 Å². The highest BCUT2D eigenvalue weighted by Gasteiger charge is 1.91. The van der Waals surface area contributed by atoms with Gasteiger partial charge in [0.15, 0.2) is 0 Å². The zero-order valence-electron chi connectivity index (χ0n) is 7.83. The highest BCUT2D eigenvalue weighted by atomic mass is 35.5. The Balaban J connectivity index is 2.73. The molecule has 0 heterocycles. The van der Waals surface area contributed by atoms with E-state index in [1.807, 2.05) is 0 Å². The molecule has 0 aliphatic heterocycles. The van der Waals surface area contributed by atoms with Crippen molar-refractivity contribution in [3.63, 3.8) is 0 Å². The molecule has 4 heteroatoms. The number of halogens is 2. The maximum atomic E-state index is 5.64. The minimum atomic E-state index is 0.131. The van der Waals surface area contributed by atoms with Crippen LogP contribution < -0.4 is 0 Å². The molecule has 0 radical (unpaired) electrons. The summed E-state index contributed by atoms with van der Waals surface area (Å²) in [6.07, 6.45) is 5.73. The first-order chi connectivity index (χ1) is 5.91. The molecule has 74 valence electrons. The van der Waals surface area contributed by atoms with E-state index in [-0.39, 0.29) is 19.0 Å². The number of hydrogen-bond acceptors (Lipinski definition) is 0. The SMILES string of the molecule is ClC[SiH2]CCCCCC[SiH2]CCl. The van der Waals surface area contributed by atoms with Crippen LogP contribution in [-0.2, 0) is 0 Å². The van der Waals surface area contributed by atoms with Gasteiger partial charge in [-0.25, -0.2) is 0 Å². The Kier molecular flexibility index (Phi) is 13.0. The molecule has 0 aliphatic rings. The average molecular weight is 243 g/mol. The summed E-state index contributed by atoms with van der Waals surface area (Å²) in [6.45, 7) is 0. The molecule has 0 N–H and O–H groups in total. The summed E-state index contributed by atoms with van der Waals surface area (Å²) >= 11 is 11.3. The first-order valence-corrected chi connectivity index (χ1v) is 10.1. The van der Waals surface area contributed by atoms with Gasteiger partial charge in [0.1, 0.15) is 0 Å². The molecule has 0 spiro atoms. The molecule has 0 aromatic rings. The smallest absolute Gasteiger partial charge is 0.0378 e. The van der Waals surface area contributed by atoms with Gasteiger partial charge in [0.05, 0.1) is 0 Å². The normalized spacial score (nSPS) is 12.5. The molecule has 0 bridgehead atoms. The fraction of sp³-hybridized carbons (Fsp3) is 1.00. The van der Waals surface area contributed by atoms with Crippen molar-refractivity contribution in [3.8, 4) is 0 Å². The van der Waals surface area contributed by atoms with E-state index >= 15 is 0 Å². The van der Waals surface area contributed by atoms with E-state index in [0.29, 0.717) is 0 Å². The molecule has 0 aromatic carbocycles. The fourth-order valence-electron chi connectivity index (χ4n) is 1.25. The predicted octanol–water partition coefficient (Wildman–Crippen LogP) is 2.11. The van der Waals surface area contributed by atoms with Crippen LogP contribution in [0.2, 0.25) is 12.1 Å². The fourth-order valence-corrected chi connectivity index (χ4v) is 4.18. The quantitative estimate of drug-likeness (QED) is 0.330. The summed E-state index contributed by atoms with van der Waals surface area (Å²) in [5.41, 5.74) is 1.94. The lowest BCUT2D eigenvalue weighted by Crippen LogP contribution is -1.92. The van der Waals surface area contributed by atoms with Crippen molar-refractivity contribution in [1.29, 1.82) is 0 Å². The first-order valence-electron chi connectivity index (χ1n) is 5.03. The second-order valence-corrected chi connectivity index (χ2v) is 9.06. The molecule has 0 amide bonds. The van der Waals surface area contributed by atoms with Crippen molar-refractivity contribution < 1.29 is 0 Å². The Labute approximate surface area is 91.0 Å². The number of alkyl halides is 2. The molecule has 0 aliphatic carbocycles. The van der Waals surface area contributed by atoms with Crippen molar-refractivity contribution >= 4 is 42.2 Å². The summed E-state index contributed by atoms with van der Waals surface area (Å²) < 4.78 is 0. The van der Waals surface area contributed by atoms with Crippen LogP contribution in [0.3, 0.4) is 0 Å². The van der Waals surface area contributed by atoms with Crippen LogP contribution in [0, 0.1) is 0 Å². The Hall–Kier alpha value is 1.01. The highest BCUT2D eigenvalue weighted by molar-refractivity contribution is 6.50. The van der Waals surface area contributed by atoms with Gasteiger partial charge in [-0.05, 0) is 0 Å². The van der Waals surface area contributed by atoms with Gasteiger partial charge >= 0.3 is 0 Å². The maximum Gasteiger partial charge on any atom is 0.0378 e. The summed E-state index contributed by atoms with van der Waals surface area (Å²) in [7, 11) is 0.262. The first kappa shape index (κ1) is 13.0. The van der Waals surface area contributed by atoms with Crippen molar-refractivity contribution in [1.82, 2.24) is 0 Å². The maximum absolute atomic E-state index is 5.64. The minimum absolute atomic E-state index is 0.131. The van der Waals surface area contributed by atoms with Crippen LogP contribution in [0.15, 0.2) is 0 Å². The second kappa shape index (κ2) is 12.0. The predicted molar refractivity (Wildman–Crippen MR) is 66.6 cm³/mol. The Morgan fingerprint density at radius 1 is 0.667 bits per heavy atom. The van der Waals surface area contributed by atoms with Gasteiger partial charge in [-0.1, -0.05) is 37.8 Å². The number of unbranched alkanes of at least 4 members (excludes halogenated alkanes) is 3. The van der Waals surface area contributed by atoms with Crippen LogP contribution in [-0.4, -0.2) is 30.0 Å². The third-order valence-corrected chi connectivity index (χ3v) is 6.16. The third kappa shape index (κ3) is 11.0. The largest absolute Gasteiger partial charge is 0.131 e. The molecular formula is C8H20Cl2Si2. The van der Waals surface area contributed by atoms with E-state index in [9.17, 15) is 0 Å². The van der Waals surface area contributed by atoms with Crippen LogP contribution in [0.4, 0.5) is 0 Å². The van der Waals surface area contributed by atoms with Crippen molar-refractivity contribution in [2.45, 2.75) is 37.8 Å². The Morgan fingerprint density at radius 3 is 1.42 bits per heavy atom. The molecule has 0 rings (SSSR count). The van der Waals surface area contributed by atoms with Gasteiger partial charge < -0.3 is 0 Å². The highest BCUT2D eigenvalue weighted by Crippen LogP contribution is 2.05. The summed E-state index contributed by atoms with van der Waals surface area (Å²) in [4.78, 5) is 0. The molecule has 0 aromatic heterocycles. The topological polar surface area (TPSA) is 0 Å². The standard InChI is InChI=1S/C8H20Cl2Si2/c9-7-11-5-3-1-2-4-6-12-8-10/h1-8,11-12H2. The third-order valence-electron chi connectivity index (χ3n) is 2.02. The van der Waals surface area contributed by atoms with Gasteiger partial charge in [0, 0.05) is 30.0 Å². The van der Waals surface area contributed by atoms with Crippen molar-refractivity contribution in [3.05, 3.63) is 0 Å². The van der Waals surface area contributed by atoms with E-state index in [0.717, 1.165) is 11.0 Å². The van der Waals surface area contributed by atoms with Gasteiger partial charge in [-0.15, -0.1) is 23.2 Å². The summed E-state index contributed by atoms with van der Waals surface area (Å²) in [5.74, 6) is 0. The lowest BCUT2D eigenvalue weighted by atomic mass is 10.2. The number of hydrogen-bond donors (Lipinski definition) is 0. The van der Waals surface area contributed by atoms with Crippen LogP contribution in [0.1, 0.15) is 25.7 Å². The molecule has 12 heavy (non-hydrogen) atoms. The van der Waals surface area contributed by atoms with Crippen LogP contribution in [0.5, 0.6) is 0 Å². The zero-order chi connectivity index (χ0) is 9.07. The Morgan fingerprint density at radius 2 is 1.08 bits per heavy atom. The number of rotatable bonds is 9. The molecule has 0 unspecified atom stereocenters. The van der Waals surface area contributed by atoms with Gasteiger partial charge in [0.25, 0.3) is 0 Å². The zero-order valence-corrected chi connectivity index (χ0v) is 12.2. The Bertz CT molecular complexity index is 71.5. The van der Waals surface area contributed by atoms with Crippen molar-refractivity contribution in [2.75, 3.05) is 11.0 Å².